The van der Waals surface area contributed by atoms with E-state index in [0.717, 1.165) is 61.0 Å². The fourth-order valence-electron chi connectivity index (χ4n) is 6.42. The second-order valence-electron chi connectivity index (χ2n) is 11.6. The van der Waals surface area contributed by atoms with E-state index in [1.807, 2.05) is 97.1 Å². The molecule has 1 spiro atoms. The van der Waals surface area contributed by atoms with Gasteiger partial charge in [-0.25, -0.2) is 11.0 Å². The van der Waals surface area contributed by atoms with Gasteiger partial charge < -0.3 is 29.4 Å². The second-order valence-corrected chi connectivity index (χ2v) is 11.6. The third kappa shape index (κ3) is 5.25. The van der Waals surface area contributed by atoms with Gasteiger partial charge in [0.25, 0.3) is 0 Å². The smallest absolute Gasteiger partial charge is 0.163 e. The number of hydrogen-bond donors (Lipinski definition) is 4. The number of rotatable bonds is 8. The Bertz CT molecular complexity index is 2050. The van der Waals surface area contributed by atoms with E-state index in [-0.39, 0.29) is 11.5 Å². The van der Waals surface area contributed by atoms with Crippen molar-refractivity contribution in [2.24, 2.45) is 0 Å². The molecule has 6 aromatic carbocycles. The number of nitrogens with one attached hydrogen (secondary N) is 2. The number of aromatic hydroxyl groups is 2. The minimum atomic E-state index is -0.614. The Balaban J connectivity index is 1.01. The molecule has 0 amide bonds. The van der Waals surface area contributed by atoms with Crippen LogP contribution in [-0.4, -0.2) is 23.4 Å². The van der Waals surface area contributed by atoms with Crippen LogP contribution in [0.25, 0.3) is 33.7 Å². The highest BCUT2D eigenvalue weighted by atomic mass is 16.6. The van der Waals surface area contributed by atoms with Gasteiger partial charge in [0, 0.05) is 11.8 Å². The molecule has 8 heteroatoms. The normalized spacial score (nSPS) is 16.3. The van der Waals surface area contributed by atoms with Gasteiger partial charge in [0.1, 0.15) is 47.9 Å². The van der Waals surface area contributed by atoms with Crippen LogP contribution >= 0.6 is 0 Å². The van der Waals surface area contributed by atoms with Crippen molar-refractivity contribution < 1.29 is 29.4 Å². The number of hydroxylamine groups is 1. The van der Waals surface area contributed by atoms with Crippen LogP contribution in [0.3, 0.4) is 0 Å². The van der Waals surface area contributed by atoms with Crippen LogP contribution in [0.2, 0.25) is 0 Å². The molecular weight excluding hydrogens is 592 g/mol. The molecule has 8 nitrogen and oxygen atoms in total. The molecule has 2 aliphatic rings. The third-order valence-electron chi connectivity index (χ3n) is 8.63. The monoisotopic (exact) mass is 622 g/mol. The van der Waals surface area contributed by atoms with E-state index < -0.39 is 5.41 Å². The zero-order valence-electron chi connectivity index (χ0n) is 25.1. The number of anilines is 1. The molecule has 47 heavy (non-hydrogen) atoms. The van der Waals surface area contributed by atoms with Gasteiger partial charge >= 0.3 is 0 Å². The Hall–Kier alpha value is -6.28. The van der Waals surface area contributed by atoms with Gasteiger partial charge in [-0.3, -0.25) is 0 Å². The molecule has 0 radical (unpaired) electrons. The minimum Gasteiger partial charge on any atom is -0.508 e. The lowest BCUT2D eigenvalue weighted by Gasteiger charge is -2.24. The van der Waals surface area contributed by atoms with Crippen molar-refractivity contribution in [3.8, 4) is 28.7 Å². The molecule has 0 aromatic heterocycles. The van der Waals surface area contributed by atoms with E-state index in [1.54, 1.807) is 36.7 Å². The topological polar surface area (TPSA) is 101 Å². The van der Waals surface area contributed by atoms with Crippen LogP contribution in [0.1, 0.15) is 22.3 Å². The molecule has 1 atom stereocenters. The standard InChI is InChI=1S/C39H30N2O6/c42-31-13-11-27-19-25(7-9-29(27)21-31)15-17-40-47-36-6-2-5-35-38(36)39(24-45-35)23-44-34-4-1-3-33(37(34)39)41-46-18-16-26-8-10-30-22-32(43)14-12-28(30)20-26/h1-22,40-43H,23-24H2/b17-15+,18-16+. The summed E-state index contributed by atoms with van der Waals surface area (Å²) in [5.74, 6) is 2.62. The highest BCUT2D eigenvalue weighted by Crippen LogP contribution is 2.55. The maximum atomic E-state index is 9.74. The van der Waals surface area contributed by atoms with Gasteiger partial charge in [-0.05, 0) is 105 Å². The first kappa shape index (κ1) is 28.2. The first-order valence-corrected chi connectivity index (χ1v) is 15.2. The van der Waals surface area contributed by atoms with Crippen molar-refractivity contribution in [3.63, 3.8) is 0 Å². The number of phenolic OH excluding ortho intramolecular Hbond substituents is 2. The average Bonchev–Trinajstić information content (AvgIpc) is 3.67. The molecule has 6 aromatic rings. The van der Waals surface area contributed by atoms with Gasteiger partial charge in [0.15, 0.2) is 5.75 Å². The lowest BCUT2D eigenvalue weighted by atomic mass is 9.76. The van der Waals surface area contributed by atoms with Crippen LogP contribution in [0.15, 0.2) is 122 Å². The first-order chi connectivity index (χ1) is 23.1. The molecule has 4 N–H and O–H groups in total. The summed E-state index contributed by atoms with van der Waals surface area (Å²) in [4.78, 5) is 11.9. The number of ether oxygens (including phenoxy) is 2. The molecular formula is C39H30N2O6. The van der Waals surface area contributed by atoms with E-state index in [4.69, 9.17) is 19.1 Å². The van der Waals surface area contributed by atoms with Crippen molar-refractivity contribution in [1.82, 2.24) is 5.48 Å². The fraction of sp³-hybridized carbons (Fsp3) is 0.0769. The number of benzene rings is 6. The van der Waals surface area contributed by atoms with Gasteiger partial charge in [-0.2, -0.15) is 0 Å². The van der Waals surface area contributed by atoms with Crippen LogP contribution in [-0.2, 0) is 10.3 Å². The van der Waals surface area contributed by atoms with Crippen LogP contribution in [0.5, 0.6) is 28.7 Å². The van der Waals surface area contributed by atoms with Crippen molar-refractivity contribution in [2.45, 2.75) is 5.41 Å². The molecule has 2 aliphatic heterocycles. The van der Waals surface area contributed by atoms with E-state index in [2.05, 4.69) is 11.0 Å². The molecule has 0 saturated carbocycles. The number of hydrogen-bond acceptors (Lipinski definition) is 8. The highest BCUT2D eigenvalue weighted by Gasteiger charge is 2.52. The molecule has 1 unspecified atom stereocenters. The van der Waals surface area contributed by atoms with Crippen molar-refractivity contribution in [1.29, 1.82) is 0 Å². The quantitative estimate of drug-likeness (QED) is 0.1000. The summed E-state index contributed by atoms with van der Waals surface area (Å²) >= 11 is 0. The molecule has 0 aliphatic carbocycles. The summed E-state index contributed by atoms with van der Waals surface area (Å²) in [6.07, 6.45) is 7.14. The lowest BCUT2D eigenvalue weighted by molar-refractivity contribution is 0.222. The van der Waals surface area contributed by atoms with E-state index in [1.165, 1.54) is 0 Å². The van der Waals surface area contributed by atoms with E-state index in [0.29, 0.717) is 19.0 Å². The van der Waals surface area contributed by atoms with E-state index in [9.17, 15) is 10.2 Å². The van der Waals surface area contributed by atoms with Gasteiger partial charge in [-0.15, -0.1) is 0 Å². The van der Waals surface area contributed by atoms with Gasteiger partial charge in [0.2, 0.25) is 0 Å². The predicted molar refractivity (Wildman–Crippen MR) is 182 cm³/mol. The summed E-state index contributed by atoms with van der Waals surface area (Å²) in [6.45, 7) is 0.777. The Morgan fingerprint density at radius 1 is 0.638 bits per heavy atom. The Morgan fingerprint density at radius 2 is 1.23 bits per heavy atom. The fourth-order valence-corrected chi connectivity index (χ4v) is 6.42. The summed E-state index contributed by atoms with van der Waals surface area (Å²) in [6, 6.07) is 34.2. The first-order valence-electron chi connectivity index (χ1n) is 15.2. The third-order valence-corrected chi connectivity index (χ3v) is 8.63. The Morgan fingerprint density at radius 3 is 1.94 bits per heavy atom. The largest absolute Gasteiger partial charge is 0.508 e. The number of fused-ring (bicyclic) bond motifs is 6. The van der Waals surface area contributed by atoms with Crippen LogP contribution < -0.4 is 25.3 Å². The summed E-state index contributed by atoms with van der Waals surface area (Å²) in [5, 5.41) is 23.5. The van der Waals surface area contributed by atoms with Crippen molar-refractivity contribution >= 4 is 39.4 Å². The summed E-state index contributed by atoms with van der Waals surface area (Å²) < 4.78 is 12.4. The zero-order chi connectivity index (χ0) is 31.8. The Labute approximate surface area is 270 Å². The summed E-state index contributed by atoms with van der Waals surface area (Å²) in [7, 11) is 0. The van der Waals surface area contributed by atoms with E-state index >= 15 is 0 Å². The highest BCUT2D eigenvalue weighted by molar-refractivity contribution is 5.87. The Kier molecular flexibility index (Phi) is 6.95. The lowest BCUT2D eigenvalue weighted by Crippen LogP contribution is -2.33. The maximum Gasteiger partial charge on any atom is 0.163 e. The van der Waals surface area contributed by atoms with Gasteiger partial charge in [-0.1, -0.05) is 48.5 Å². The molecule has 232 valence electrons. The maximum absolute atomic E-state index is 9.74. The molecule has 0 bridgehead atoms. The molecule has 2 heterocycles. The molecule has 8 rings (SSSR count). The van der Waals surface area contributed by atoms with Crippen LogP contribution in [0, 0.1) is 0 Å². The summed E-state index contributed by atoms with van der Waals surface area (Å²) in [5.41, 5.74) is 10.0. The average molecular weight is 623 g/mol. The van der Waals surface area contributed by atoms with Gasteiger partial charge in [0.05, 0.1) is 11.3 Å². The molecule has 0 fully saturated rings. The SMILES string of the molecule is Oc1ccc2cc(/C=C/NOc3cccc4c3C3(COc5cccc(NO/C=C/c6ccc7cc(O)ccc7c6)c53)CO4)ccc2c1. The zero-order valence-corrected chi connectivity index (χ0v) is 25.1. The van der Waals surface area contributed by atoms with Crippen LogP contribution in [0.4, 0.5) is 5.69 Å². The van der Waals surface area contributed by atoms with Crippen molar-refractivity contribution in [3.05, 3.63) is 144 Å². The minimum absolute atomic E-state index is 0.244. The predicted octanol–water partition coefficient (Wildman–Crippen LogP) is 8.04. The number of phenols is 2. The van der Waals surface area contributed by atoms with Crippen molar-refractivity contribution in [2.75, 3.05) is 18.7 Å². The molecule has 0 saturated heterocycles. The second kappa shape index (κ2) is 11.6.